The Morgan fingerprint density at radius 1 is 0.963 bits per heavy atom. The molecule has 0 radical (unpaired) electrons. The Bertz CT molecular complexity index is 1900. The van der Waals surface area contributed by atoms with Crippen molar-refractivity contribution in [2.45, 2.75) is 113 Å². The molecule has 15 heteroatoms. The van der Waals surface area contributed by atoms with Crippen molar-refractivity contribution >= 4 is 39.9 Å². The van der Waals surface area contributed by atoms with Gasteiger partial charge < -0.3 is 29.9 Å². The Kier molecular flexibility index (Phi) is 11.4. The normalized spacial score (nSPS) is 26.1. The van der Waals surface area contributed by atoms with Crippen LogP contribution in [-0.4, -0.2) is 90.5 Å². The van der Waals surface area contributed by atoms with E-state index in [0.717, 1.165) is 35.3 Å². The lowest BCUT2D eigenvalue weighted by Gasteiger charge is -2.37. The molecule has 4 aliphatic rings. The third-order valence-corrected chi connectivity index (χ3v) is 11.6. The Hall–Kier alpha value is -4.92. The van der Waals surface area contributed by atoms with Crippen molar-refractivity contribution in [2.75, 3.05) is 13.1 Å². The summed E-state index contributed by atoms with van der Waals surface area (Å²) in [4.78, 5) is 73.1. The van der Waals surface area contributed by atoms with E-state index in [-0.39, 0.29) is 29.8 Å². The highest BCUT2D eigenvalue weighted by atomic mass is 32.2. The second-order valence-electron chi connectivity index (χ2n) is 15.5. The van der Waals surface area contributed by atoms with Crippen LogP contribution in [0.15, 0.2) is 71.6 Å². The molecule has 3 N–H and O–H groups in total. The molecule has 0 spiro atoms. The van der Waals surface area contributed by atoms with Crippen molar-refractivity contribution in [1.29, 1.82) is 0 Å². The van der Waals surface area contributed by atoms with Crippen molar-refractivity contribution in [3.63, 3.8) is 0 Å². The van der Waals surface area contributed by atoms with E-state index < -0.39 is 76.2 Å². The van der Waals surface area contributed by atoms with E-state index in [9.17, 15) is 32.4 Å². The van der Waals surface area contributed by atoms with Gasteiger partial charge in [-0.3, -0.25) is 14.4 Å². The number of amides is 5. The van der Waals surface area contributed by atoms with Crippen LogP contribution in [0.5, 0.6) is 0 Å². The molecule has 0 bridgehead atoms. The first-order valence-electron chi connectivity index (χ1n) is 18.6. The smallest absolute Gasteiger partial charge is 0.410 e. The zero-order valence-electron chi connectivity index (χ0n) is 30.9. The quantitative estimate of drug-likeness (QED) is 0.300. The molecule has 14 nitrogen and oxygen atoms in total. The molecule has 3 aliphatic heterocycles. The zero-order valence-corrected chi connectivity index (χ0v) is 31.7. The maximum absolute atomic E-state index is 14.8. The second-order valence-corrected chi connectivity index (χ2v) is 17.1. The van der Waals surface area contributed by atoms with E-state index in [1.165, 1.54) is 29.2 Å². The minimum absolute atomic E-state index is 0.00465. The summed E-state index contributed by atoms with van der Waals surface area (Å²) in [6, 6.07) is 13.3. The van der Waals surface area contributed by atoms with Crippen LogP contribution in [0.3, 0.4) is 0 Å². The van der Waals surface area contributed by atoms with Gasteiger partial charge in [0.15, 0.2) is 0 Å². The van der Waals surface area contributed by atoms with E-state index in [4.69, 9.17) is 9.47 Å². The number of nitrogens with one attached hydrogen (secondary N) is 3. The molecule has 1 saturated heterocycles. The highest BCUT2D eigenvalue weighted by Crippen LogP contribution is 2.38. The van der Waals surface area contributed by atoms with E-state index in [1.807, 2.05) is 36.4 Å². The lowest BCUT2D eigenvalue weighted by atomic mass is 9.92. The number of nitrogens with zero attached hydrogens (tertiary/aromatic N) is 2. The largest absolute Gasteiger partial charge is 0.444 e. The molecule has 5 atom stereocenters. The van der Waals surface area contributed by atoms with E-state index >= 15 is 0 Å². The summed E-state index contributed by atoms with van der Waals surface area (Å²) in [7, 11) is -4.54. The van der Waals surface area contributed by atoms with Crippen molar-refractivity contribution in [1.82, 2.24) is 25.2 Å². The molecule has 1 saturated carbocycles. The summed E-state index contributed by atoms with van der Waals surface area (Å²) >= 11 is 0. The lowest BCUT2D eigenvalue weighted by molar-refractivity contribution is -0.154. The summed E-state index contributed by atoms with van der Waals surface area (Å²) in [6.45, 7) is 5.27. The average Bonchev–Trinajstić information content (AvgIpc) is 3.74. The van der Waals surface area contributed by atoms with Crippen LogP contribution >= 0.6 is 0 Å². The van der Waals surface area contributed by atoms with Gasteiger partial charge in [0.25, 0.3) is 21.8 Å². The molecular formula is C39H49N5O9S. The Balaban J connectivity index is 1.37. The number of ether oxygens (including phenoxy) is 2. The van der Waals surface area contributed by atoms with Crippen LogP contribution in [0.25, 0.3) is 0 Å². The number of carbonyl (C=O) groups excluding carboxylic acids is 5. The summed E-state index contributed by atoms with van der Waals surface area (Å²) in [5.41, 5.74) is -1.30. The monoisotopic (exact) mass is 763 g/mol. The molecular weight excluding hydrogens is 715 g/mol. The molecule has 3 heterocycles. The summed E-state index contributed by atoms with van der Waals surface area (Å²) < 4.78 is 40.7. The fraction of sp³-hybridized carbons (Fsp3) is 0.513. The van der Waals surface area contributed by atoms with Crippen LogP contribution < -0.4 is 15.4 Å². The zero-order chi connectivity index (χ0) is 38.7. The highest BCUT2D eigenvalue weighted by Gasteiger charge is 2.62. The first kappa shape index (κ1) is 38.8. The summed E-state index contributed by atoms with van der Waals surface area (Å²) in [6.07, 6.45) is 4.98. The Morgan fingerprint density at radius 2 is 1.69 bits per heavy atom. The second kappa shape index (κ2) is 15.8. The highest BCUT2D eigenvalue weighted by molar-refractivity contribution is 7.90. The number of alkyl carbamates (subject to hydrolysis) is 1. The average molecular weight is 764 g/mol. The van der Waals surface area contributed by atoms with Crippen molar-refractivity contribution in [3.05, 3.63) is 77.9 Å². The number of hydrogen-bond acceptors (Lipinski definition) is 9. The predicted molar refractivity (Wildman–Crippen MR) is 197 cm³/mol. The maximum Gasteiger partial charge on any atom is 0.410 e. The number of benzene rings is 2. The number of hydrogen-bond donors (Lipinski definition) is 3. The molecule has 1 aliphatic carbocycles. The van der Waals surface area contributed by atoms with Gasteiger partial charge in [0.05, 0.1) is 11.4 Å². The van der Waals surface area contributed by atoms with Gasteiger partial charge in [-0.25, -0.2) is 22.7 Å². The van der Waals surface area contributed by atoms with E-state index in [0.29, 0.717) is 25.8 Å². The molecule has 6 rings (SSSR count). The third-order valence-electron chi connectivity index (χ3n) is 10.2. The maximum atomic E-state index is 14.8. The van der Waals surface area contributed by atoms with Crippen LogP contribution in [0.1, 0.15) is 76.8 Å². The van der Waals surface area contributed by atoms with E-state index in [1.54, 1.807) is 26.8 Å². The first-order valence-corrected chi connectivity index (χ1v) is 20.1. The van der Waals surface area contributed by atoms with Crippen LogP contribution in [-0.2, 0) is 46.8 Å². The fourth-order valence-electron chi connectivity index (χ4n) is 7.32. The molecule has 5 amide bonds. The van der Waals surface area contributed by atoms with Crippen molar-refractivity contribution in [2.24, 2.45) is 5.92 Å². The molecule has 290 valence electrons. The summed E-state index contributed by atoms with van der Waals surface area (Å²) in [5, 5.41) is 5.54. The minimum Gasteiger partial charge on any atom is -0.444 e. The predicted octanol–water partition coefficient (Wildman–Crippen LogP) is 3.94. The molecule has 54 heavy (non-hydrogen) atoms. The van der Waals surface area contributed by atoms with Gasteiger partial charge in [0, 0.05) is 25.6 Å². The molecule has 0 aromatic heterocycles. The van der Waals surface area contributed by atoms with Gasteiger partial charge in [0.1, 0.15) is 17.7 Å². The molecule has 2 aromatic rings. The lowest BCUT2D eigenvalue weighted by Crippen LogP contribution is -2.68. The van der Waals surface area contributed by atoms with Crippen LogP contribution in [0, 0.1) is 5.92 Å². The van der Waals surface area contributed by atoms with Crippen molar-refractivity contribution in [3.8, 4) is 0 Å². The SMILES string of the molecule is CC(C)(C)OC(=O)NC1CCCCCC=CC2CC2NC(=O)C2(C(=O)NS(=O)(=O)c3ccccc3)CC(OC(=O)N3CCc4ccccc4C3)CN2C1=O. The first-order chi connectivity index (χ1) is 25.7. The van der Waals surface area contributed by atoms with E-state index in [2.05, 4.69) is 15.4 Å². The van der Waals surface area contributed by atoms with Crippen molar-refractivity contribution < 1.29 is 41.9 Å². The van der Waals surface area contributed by atoms with Gasteiger partial charge >= 0.3 is 12.2 Å². The number of sulfonamides is 1. The van der Waals surface area contributed by atoms with Gasteiger partial charge in [-0.2, -0.15) is 0 Å². The van der Waals surface area contributed by atoms with Crippen LogP contribution in [0.2, 0.25) is 0 Å². The number of carbonyl (C=O) groups is 5. The molecule has 2 aromatic carbocycles. The number of rotatable bonds is 5. The minimum atomic E-state index is -4.54. The molecule has 5 unspecified atom stereocenters. The Labute approximate surface area is 316 Å². The van der Waals surface area contributed by atoms with Crippen LogP contribution in [0.4, 0.5) is 9.59 Å². The standard InChI is InChI=1S/C39H49N5O9S/c1-38(2,3)53-36(48)41-31-19-11-6-4-5-8-15-27-22-32(27)40-34(46)39(35(47)42-54(50,51)30-17-9-7-10-18-30)23-29(25-44(39)33(31)45)52-37(49)43-21-20-26-14-12-13-16-28(26)24-43/h7-10,12-18,27,29,31-32H,4-6,11,19-25H2,1-3H3,(H,40,46)(H,41,48)(H,42,47). The summed E-state index contributed by atoms with van der Waals surface area (Å²) in [5.74, 6) is -3.01. The Morgan fingerprint density at radius 3 is 2.43 bits per heavy atom. The van der Waals surface area contributed by atoms with Gasteiger partial charge in [-0.1, -0.05) is 67.5 Å². The topological polar surface area (TPSA) is 181 Å². The third kappa shape index (κ3) is 8.88. The molecule has 2 fully saturated rings. The van der Waals surface area contributed by atoms with Gasteiger partial charge in [-0.15, -0.1) is 0 Å². The number of fused-ring (bicyclic) bond motifs is 3. The fourth-order valence-corrected chi connectivity index (χ4v) is 8.37. The number of allylic oxidation sites excluding steroid dienone is 1. The van der Waals surface area contributed by atoms with Gasteiger partial charge in [-0.05, 0) is 82.1 Å². The van der Waals surface area contributed by atoms with Gasteiger partial charge in [0.2, 0.25) is 11.4 Å².